The van der Waals surface area contributed by atoms with Crippen LogP contribution in [0.3, 0.4) is 0 Å². The molecule has 5 nitrogen and oxygen atoms in total. The normalized spacial score (nSPS) is 13.3. The van der Waals surface area contributed by atoms with Crippen LogP contribution in [0, 0.1) is 6.92 Å². The van der Waals surface area contributed by atoms with Crippen LogP contribution in [0.2, 0.25) is 0 Å². The zero-order valence-corrected chi connectivity index (χ0v) is 15.8. The second-order valence-corrected chi connectivity index (χ2v) is 7.23. The molecule has 0 spiro atoms. The molecule has 0 saturated carbocycles. The van der Waals surface area contributed by atoms with Gasteiger partial charge in [-0.25, -0.2) is 0 Å². The summed E-state index contributed by atoms with van der Waals surface area (Å²) in [4.78, 5) is 29.0. The Bertz CT molecular complexity index is 792. The van der Waals surface area contributed by atoms with E-state index in [9.17, 15) is 9.59 Å². The van der Waals surface area contributed by atoms with E-state index in [2.05, 4.69) is 0 Å². The molecule has 1 aliphatic rings. The Morgan fingerprint density at radius 2 is 1.92 bits per heavy atom. The number of aryl methyl sites for hydroxylation is 1. The molecule has 1 heterocycles. The minimum absolute atomic E-state index is 0.0358. The number of carbonyl (C=O) groups excluding carboxylic acids is 2. The molecule has 6 heteroatoms. The van der Waals surface area contributed by atoms with Crippen molar-refractivity contribution in [2.45, 2.75) is 11.8 Å². The summed E-state index contributed by atoms with van der Waals surface area (Å²) >= 11 is 1.51. The number of para-hydroxylation sites is 1. The van der Waals surface area contributed by atoms with Gasteiger partial charge in [-0.1, -0.05) is 29.8 Å². The van der Waals surface area contributed by atoms with Crippen molar-refractivity contribution in [1.29, 1.82) is 0 Å². The van der Waals surface area contributed by atoms with Crippen LogP contribution in [0.4, 0.5) is 5.69 Å². The molecule has 2 amide bonds. The number of likely N-dealkylation sites (N-methyl/N-ethyl adjacent to an activating group) is 1. The quantitative estimate of drug-likeness (QED) is 0.784. The number of hydrogen-bond acceptors (Lipinski definition) is 4. The Labute approximate surface area is 157 Å². The molecule has 0 bridgehead atoms. The molecule has 0 unspecified atom stereocenters. The summed E-state index contributed by atoms with van der Waals surface area (Å²) in [6.45, 7) is 2.95. The Morgan fingerprint density at radius 1 is 1.19 bits per heavy atom. The highest BCUT2D eigenvalue weighted by molar-refractivity contribution is 8.00. The van der Waals surface area contributed by atoms with E-state index in [1.165, 1.54) is 17.3 Å². The van der Waals surface area contributed by atoms with Gasteiger partial charge in [-0.3, -0.25) is 9.59 Å². The molecular formula is C20H22N2O3S. The van der Waals surface area contributed by atoms with Crippen LogP contribution in [0.25, 0.3) is 0 Å². The van der Waals surface area contributed by atoms with E-state index in [1.54, 1.807) is 16.8 Å². The van der Waals surface area contributed by atoms with E-state index >= 15 is 0 Å². The zero-order valence-electron chi connectivity index (χ0n) is 15.0. The summed E-state index contributed by atoms with van der Waals surface area (Å²) in [5.74, 6) is 1.01. The van der Waals surface area contributed by atoms with Crippen LogP contribution >= 0.6 is 11.8 Å². The second-order valence-electron chi connectivity index (χ2n) is 6.21. The van der Waals surface area contributed by atoms with E-state index in [0.717, 1.165) is 16.3 Å². The first-order valence-electron chi connectivity index (χ1n) is 8.50. The van der Waals surface area contributed by atoms with Gasteiger partial charge in [0, 0.05) is 11.9 Å². The van der Waals surface area contributed by atoms with Crippen molar-refractivity contribution < 1.29 is 14.3 Å². The summed E-state index contributed by atoms with van der Waals surface area (Å²) in [5.41, 5.74) is 1.99. The molecule has 0 radical (unpaired) electrons. The first-order valence-corrected chi connectivity index (χ1v) is 9.49. The highest BCUT2D eigenvalue weighted by atomic mass is 32.2. The van der Waals surface area contributed by atoms with E-state index < -0.39 is 0 Å². The molecule has 3 rings (SSSR count). The predicted octanol–water partition coefficient (Wildman–Crippen LogP) is 2.97. The monoisotopic (exact) mass is 370 g/mol. The van der Waals surface area contributed by atoms with Crippen molar-refractivity contribution in [2.24, 2.45) is 0 Å². The third-order valence-corrected chi connectivity index (χ3v) is 5.29. The molecule has 136 valence electrons. The van der Waals surface area contributed by atoms with Crippen molar-refractivity contribution >= 4 is 29.3 Å². The molecular weight excluding hydrogens is 348 g/mol. The zero-order chi connectivity index (χ0) is 18.5. The fraction of sp³-hybridized carbons (Fsp3) is 0.300. The Hall–Kier alpha value is -2.47. The first kappa shape index (κ1) is 18.3. The van der Waals surface area contributed by atoms with Crippen molar-refractivity contribution in [3.05, 3.63) is 54.1 Å². The third-order valence-electron chi connectivity index (χ3n) is 4.24. The molecule has 0 atom stereocenters. The number of anilines is 1. The number of rotatable bonds is 6. The van der Waals surface area contributed by atoms with E-state index in [1.807, 2.05) is 55.5 Å². The smallest absolute Gasteiger partial charge is 0.242 e. The molecule has 0 saturated heterocycles. The van der Waals surface area contributed by atoms with Crippen molar-refractivity contribution in [3.8, 4) is 5.75 Å². The molecule has 0 aromatic heterocycles. The highest BCUT2D eigenvalue weighted by Crippen LogP contribution is 2.34. The molecule has 2 aromatic rings. The predicted molar refractivity (Wildman–Crippen MR) is 104 cm³/mol. The van der Waals surface area contributed by atoms with Gasteiger partial charge in [-0.05, 0) is 31.2 Å². The minimum Gasteiger partial charge on any atom is -0.492 e. The van der Waals surface area contributed by atoms with Crippen LogP contribution in [-0.4, -0.2) is 49.2 Å². The SMILES string of the molecule is Cc1ccc(OCCN(C)C(=O)CN2C(=O)CSc3ccccc32)cc1. The Balaban J connectivity index is 1.54. The fourth-order valence-electron chi connectivity index (χ4n) is 2.64. The van der Waals surface area contributed by atoms with Gasteiger partial charge < -0.3 is 14.5 Å². The Kier molecular flexibility index (Phi) is 5.83. The van der Waals surface area contributed by atoms with Crippen molar-refractivity contribution in [1.82, 2.24) is 4.90 Å². The number of fused-ring (bicyclic) bond motifs is 1. The fourth-order valence-corrected chi connectivity index (χ4v) is 3.58. The molecule has 0 fully saturated rings. The van der Waals surface area contributed by atoms with Crippen molar-refractivity contribution in [3.63, 3.8) is 0 Å². The van der Waals surface area contributed by atoms with Gasteiger partial charge in [-0.2, -0.15) is 0 Å². The number of benzene rings is 2. The average molecular weight is 370 g/mol. The maximum absolute atomic E-state index is 12.5. The Morgan fingerprint density at radius 3 is 2.69 bits per heavy atom. The minimum atomic E-state index is -0.104. The maximum atomic E-state index is 12.5. The molecule has 1 aliphatic heterocycles. The summed E-state index contributed by atoms with van der Waals surface area (Å²) in [7, 11) is 1.73. The van der Waals surface area contributed by atoms with Gasteiger partial charge in [-0.15, -0.1) is 11.8 Å². The van der Waals surface area contributed by atoms with Crippen LogP contribution < -0.4 is 9.64 Å². The maximum Gasteiger partial charge on any atom is 0.242 e. The van der Waals surface area contributed by atoms with Gasteiger partial charge in [0.25, 0.3) is 0 Å². The van der Waals surface area contributed by atoms with Gasteiger partial charge >= 0.3 is 0 Å². The number of ether oxygens (including phenoxy) is 1. The van der Waals surface area contributed by atoms with Crippen LogP contribution in [-0.2, 0) is 9.59 Å². The number of carbonyl (C=O) groups is 2. The summed E-state index contributed by atoms with van der Waals surface area (Å²) in [6.07, 6.45) is 0. The topological polar surface area (TPSA) is 49.9 Å². The van der Waals surface area contributed by atoms with Crippen LogP contribution in [0.1, 0.15) is 5.56 Å². The van der Waals surface area contributed by atoms with Gasteiger partial charge in [0.2, 0.25) is 11.8 Å². The number of thioether (sulfide) groups is 1. The lowest BCUT2D eigenvalue weighted by molar-refractivity contribution is -0.130. The first-order chi connectivity index (χ1) is 12.5. The molecule has 2 aromatic carbocycles. The van der Waals surface area contributed by atoms with E-state index in [-0.39, 0.29) is 18.4 Å². The number of hydrogen-bond donors (Lipinski definition) is 0. The summed E-state index contributed by atoms with van der Waals surface area (Å²) in [5, 5.41) is 0. The number of nitrogens with zero attached hydrogens (tertiary/aromatic N) is 2. The summed E-state index contributed by atoms with van der Waals surface area (Å²) < 4.78 is 5.67. The average Bonchev–Trinajstić information content (AvgIpc) is 2.65. The van der Waals surface area contributed by atoms with Crippen molar-refractivity contribution in [2.75, 3.05) is 37.4 Å². The lowest BCUT2D eigenvalue weighted by Crippen LogP contribution is -2.44. The lowest BCUT2D eigenvalue weighted by atomic mass is 10.2. The largest absolute Gasteiger partial charge is 0.492 e. The highest BCUT2D eigenvalue weighted by Gasteiger charge is 2.27. The third kappa shape index (κ3) is 4.38. The molecule has 0 aliphatic carbocycles. The van der Waals surface area contributed by atoms with Gasteiger partial charge in [0.1, 0.15) is 18.9 Å². The molecule has 0 N–H and O–H groups in total. The standard InChI is InChI=1S/C20H22N2O3S/c1-15-7-9-16(10-8-15)25-12-11-21(2)19(23)13-22-17-5-3-4-6-18(17)26-14-20(22)24/h3-10H,11-14H2,1-2H3. The summed E-state index contributed by atoms with van der Waals surface area (Å²) in [6, 6.07) is 15.5. The van der Waals surface area contributed by atoms with Gasteiger partial charge in [0.15, 0.2) is 0 Å². The van der Waals surface area contributed by atoms with E-state index in [4.69, 9.17) is 4.74 Å². The van der Waals surface area contributed by atoms with Crippen LogP contribution in [0.15, 0.2) is 53.4 Å². The second kappa shape index (κ2) is 8.27. The van der Waals surface area contributed by atoms with Gasteiger partial charge in [0.05, 0.1) is 18.0 Å². The van der Waals surface area contributed by atoms with E-state index in [0.29, 0.717) is 18.9 Å². The lowest BCUT2D eigenvalue weighted by Gasteiger charge is -2.30. The van der Waals surface area contributed by atoms with Crippen LogP contribution in [0.5, 0.6) is 5.75 Å². The number of amides is 2. The molecule has 26 heavy (non-hydrogen) atoms.